The lowest BCUT2D eigenvalue weighted by molar-refractivity contribution is 0.191. The summed E-state index contributed by atoms with van der Waals surface area (Å²) in [6.45, 7) is 3.69. The van der Waals surface area contributed by atoms with Gasteiger partial charge in [0.15, 0.2) is 0 Å². The zero-order valence-electron chi connectivity index (χ0n) is 15.6. The summed E-state index contributed by atoms with van der Waals surface area (Å²) in [5.74, 6) is 1.11. The minimum atomic E-state index is -0.0371. The number of nitrogens with zero attached hydrogens (tertiary/aromatic N) is 3. The van der Waals surface area contributed by atoms with E-state index in [1.54, 1.807) is 0 Å². The second-order valence-electron chi connectivity index (χ2n) is 7.09. The van der Waals surface area contributed by atoms with E-state index >= 15 is 0 Å². The van der Waals surface area contributed by atoms with Gasteiger partial charge in [-0.2, -0.15) is 5.10 Å². The van der Waals surface area contributed by atoms with Crippen molar-refractivity contribution >= 4 is 11.7 Å². The molecule has 1 saturated heterocycles. The Balaban J connectivity index is 1.49. The Morgan fingerprint density at radius 2 is 2.12 bits per heavy atom. The lowest BCUT2D eigenvalue weighted by Gasteiger charge is -2.31. The van der Waals surface area contributed by atoms with Crippen molar-refractivity contribution in [3.8, 4) is 0 Å². The molecule has 0 bridgehead atoms. The third-order valence-corrected chi connectivity index (χ3v) is 5.05. The molecule has 6 heteroatoms. The first-order valence-corrected chi connectivity index (χ1v) is 9.76. The average Bonchev–Trinajstić information content (AvgIpc) is 3.21. The predicted molar refractivity (Wildman–Crippen MR) is 103 cm³/mol. The van der Waals surface area contributed by atoms with Gasteiger partial charge in [-0.1, -0.05) is 38.3 Å². The van der Waals surface area contributed by atoms with Gasteiger partial charge in [0.1, 0.15) is 12.2 Å². The molecule has 1 fully saturated rings. The molecule has 2 amide bonds. The Morgan fingerprint density at radius 3 is 2.85 bits per heavy atom. The van der Waals surface area contributed by atoms with Crippen LogP contribution in [0.2, 0.25) is 0 Å². The van der Waals surface area contributed by atoms with Gasteiger partial charge in [-0.3, -0.25) is 5.10 Å². The van der Waals surface area contributed by atoms with Crippen LogP contribution in [-0.4, -0.2) is 39.2 Å². The molecule has 2 heterocycles. The van der Waals surface area contributed by atoms with Crippen LogP contribution in [-0.2, 0) is 6.42 Å². The van der Waals surface area contributed by atoms with Gasteiger partial charge in [-0.25, -0.2) is 9.78 Å². The van der Waals surface area contributed by atoms with Gasteiger partial charge in [0.05, 0.1) is 0 Å². The number of unbranched alkanes of at least 4 members (excludes halogenated alkanes) is 3. The fourth-order valence-corrected chi connectivity index (χ4v) is 3.51. The molecular weight excluding hydrogens is 326 g/mol. The van der Waals surface area contributed by atoms with E-state index in [1.165, 1.54) is 37.6 Å². The smallest absolute Gasteiger partial charge is 0.321 e. The van der Waals surface area contributed by atoms with E-state index in [2.05, 4.69) is 39.6 Å². The maximum absolute atomic E-state index is 12.6. The summed E-state index contributed by atoms with van der Waals surface area (Å²) in [6.07, 6.45) is 9.74. The number of amides is 2. The van der Waals surface area contributed by atoms with Crippen LogP contribution in [0.1, 0.15) is 62.8 Å². The molecule has 2 aromatic rings. The molecule has 26 heavy (non-hydrogen) atoms. The van der Waals surface area contributed by atoms with Crippen molar-refractivity contribution in [2.75, 3.05) is 18.4 Å². The molecule has 1 atom stereocenters. The highest BCUT2D eigenvalue weighted by Crippen LogP contribution is 2.24. The molecule has 1 aromatic heterocycles. The van der Waals surface area contributed by atoms with Crippen LogP contribution in [0.25, 0.3) is 0 Å². The molecule has 6 nitrogen and oxygen atoms in total. The van der Waals surface area contributed by atoms with Crippen molar-refractivity contribution < 1.29 is 4.79 Å². The lowest BCUT2D eigenvalue weighted by atomic mass is 9.98. The first kappa shape index (κ1) is 18.4. The molecular formula is C20H29N5O. The Bertz CT molecular complexity index is 668. The number of benzene rings is 1. The fraction of sp³-hybridized carbons (Fsp3) is 0.550. The summed E-state index contributed by atoms with van der Waals surface area (Å²) in [5.41, 5.74) is 2.19. The molecule has 0 aliphatic carbocycles. The Kier molecular flexibility index (Phi) is 6.63. The summed E-state index contributed by atoms with van der Waals surface area (Å²) in [7, 11) is 0. The molecule has 3 rings (SSSR count). The maximum Gasteiger partial charge on any atom is 0.321 e. The van der Waals surface area contributed by atoms with Gasteiger partial charge in [-0.05, 0) is 43.4 Å². The highest BCUT2D eigenvalue weighted by atomic mass is 16.2. The van der Waals surface area contributed by atoms with Gasteiger partial charge < -0.3 is 10.2 Å². The SMILES string of the molecule is CCCCCCc1ccc(NC(=O)N2CCCC(c3ncn[nH]3)C2)cc1. The molecule has 0 spiro atoms. The van der Waals surface area contributed by atoms with Gasteiger partial charge in [-0.15, -0.1) is 0 Å². The number of hydrogen-bond donors (Lipinski definition) is 2. The number of piperidine rings is 1. The monoisotopic (exact) mass is 355 g/mol. The van der Waals surface area contributed by atoms with Crippen molar-refractivity contribution in [3.63, 3.8) is 0 Å². The number of aryl methyl sites for hydroxylation is 1. The number of likely N-dealkylation sites (tertiary alicyclic amines) is 1. The molecule has 140 valence electrons. The average molecular weight is 355 g/mol. The largest absolute Gasteiger partial charge is 0.324 e. The van der Waals surface area contributed by atoms with Crippen LogP contribution in [0.5, 0.6) is 0 Å². The van der Waals surface area contributed by atoms with E-state index in [9.17, 15) is 4.79 Å². The molecule has 1 unspecified atom stereocenters. The molecule has 1 aliphatic heterocycles. The number of anilines is 1. The van der Waals surface area contributed by atoms with E-state index in [4.69, 9.17) is 0 Å². The van der Waals surface area contributed by atoms with Crippen LogP contribution in [0, 0.1) is 0 Å². The number of aromatic amines is 1. The zero-order valence-corrected chi connectivity index (χ0v) is 15.6. The Hall–Kier alpha value is -2.37. The first-order chi connectivity index (χ1) is 12.8. The fourth-order valence-electron chi connectivity index (χ4n) is 3.51. The summed E-state index contributed by atoms with van der Waals surface area (Å²) in [5, 5.41) is 9.87. The normalized spacial score (nSPS) is 17.3. The highest BCUT2D eigenvalue weighted by molar-refractivity contribution is 5.89. The zero-order chi connectivity index (χ0) is 18.2. The summed E-state index contributed by atoms with van der Waals surface area (Å²) in [4.78, 5) is 18.7. The second-order valence-corrected chi connectivity index (χ2v) is 7.09. The quantitative estimate of drug-likeness (QED) is 0.726. The number of rotatable bonds is 7. The van der Waals surface area contributed by atoms with Crippen LogP contribution >= 0.6 is 0 Å². The lowest BCUT2D eigenvalue weighted by Crippen LogP contribution is -2.41. The number of H-pyrrole nitrogens is 1. The third-order valence-electron chi connectivity index (χ3n) is 5.05. The number of carbonyl (C=O) groups excluding carboxylic acids is 1. The van der Waals surface area contributed by atoms with E-state index in [1.807, 2.05) is 17.0 Å². The molecule has 2 N–H and O–H groups in total. The van der Waals surface area contributed by atoms with E-state index in [-0.39, 0.29) is 11.9 Å². The maximum atomic E-state index is 12.6. The van der Waals surface area contributed by atoms with Gasteiger partial charge >= 0.3 is 6.03 Å². The number of nitrogens with one attached hydrogen (secondary N) is 2. The summed E-state index contributed by atoms with van der Waals surface area (Å²) in [6, 6.07) is 8.21. The minimum Gasteiger partial charge on any atom is -0.324 e. The second kappa shape index (κ2) is 9.36. The summed E-state index contributed by atoms with van der Waals surface area (Å²) >= 11 is 0. The van der Waals surface area contributed by atoms with Crippen LogP contribution in [0.4, 0.5) is 10.5 Å². The van der Waals surface area contributed by atoms with Gasteiger partial charge in [0.25, 0.3) is 0 Å². The summed E-state index contributed by atoms with van der Waals surface area (Å²) < 4.78 is 0. The third kappa shape index (κ3) is 5.07. The van der Waals surface area contributed by atoms with Crippen LogP contribution in [0.15, 0.2) is 30.6 Å². The minimum absolute atomic E-state index is 0.0371. The molecule has 1 aliphatic rings. The topological polar surface area (TPSA) is 73.9 Å². The number of aromatic nitrogens is 3. The first-order valence-electron chi connectivity index (χ1n) is 9.76. The Morgan fingerprint density at radius 1 is 1.27 bits per heavy atom. The van der Waals surface area contributed by atoms with Crippen molar-refractivity contribution in [1.29, 1.82) is 0 Å². The Labute approximate surface area is 155 Å². The number of hydrogen-bond acceptors (Lipinski definition) is 3. The number of urea groups is 1. The molecule has 0 saturated carbocycles. The molecule has 1 aromatic carbocycles. The van der Waals surface area contributed by atoms with E-state index < -0.39 is 0 Å². The van der Waals surface area contributed by atoms with E-state index in [0.29, 0.717) is 6.54 Å². The predicted octanol–water partition coefficient (Wildman–Crippen LogP) is 4.34. The van der Waals surface area contributed by atoms with Gasteiger partial charge in [0, 0.05) is 24.7 Å². The van der Waals surface area contributed by atoms with Crippen molar-refractivity contribution in [1.82, 2.24) is 20.1 Å². The number of carbonyl (C=O) groups is 1. The standard InChI is InChI=1S/C20H29N5O/c1-2-3-4-5-7-16-9-11-18(12-10-16)23-20(26)25-13-6-8-17(14-25)19-21-15-22-24-19/h9-12,15,17H,2-8,13-14H2,1H3,(H,23,26)(H,21,22,24). The van der Waals surface area contributed by atoms with Crippen LogP contribution in [0.3, 0.4) is 0 Å². The van der Waals surface area contributed by atoms with Crippen molar-refractivity contribution in [2.45, 2.75) is 57.8 Å². The highest BCUT2D eigenvalue weighted by Gasteiger charge is 2.26. The van der Waals surface area contributed by atoms with E-state index in [0.717, 1.165) is 37.3 Å². The van der Waals surface area contributed by atoms with Crippen LogP contribution < -0.4 is 5.32 Å². The van der Waals surface area contributed by atoms with Crippen molar-refractivity contribution in [3.05, 3.63) is 42.0 Å². The van der Waals surface area contributed by atoms with Gasteiger partial charge in [0.2, 0.25) is 0 Å². The van der Waals surface area contributed by atoms with Crippen molar-refractivity contribution in [2.24, 2.45) is 0 Å². The molecule has 0 radical (unpaired) electrons.